The lowest BCUT2D eigenvalue weighted by Crippen LogP contribution is -2.43. The topological polar surface area (TPSA) is 141 Å². The molecule has 2 atom stereocenters. The van der Waals surface area contributed by atoms with E-state index < -0.39 is 30.1 Å². The predicted molar refractivity (Wildman–Crippen MR) is 146 cm³/mol. The van der Waals surface area contributed by atoms with Crippen molar-refractivity contribution in [3.63, 3.8) is 0 Å². The fourth-order valence-corrected chi connectivity index (χ4v) is 4.92. The van der Waals surface area contributed by atoms with Crippen LogP contribution in [0.5, 0.6) is 11.5 Å². The Labute approximate surface area is 226 Å². The van der Waals surface area contributed by atoms with Crippen molar-refractivity contribution < 1.29 is 34.1 Å². The first kappa shape index (κ1) is 28.3. The van der Waals surface area contributed by atoms with Gasteiger partial charge < -0.3 is 34.9 Å². The Kier molecular flexibility index (Phi) is 8.39. The zero-order valence-corrected chi connectivity index (χ0v) is 22.8. The number of fused-ring (bicyclic) bond motifs is 3. The molecule has 10 nitrogen and oxygen atoms in total. The molecule has 1 aliphatic heterocycles. The molecule has 2 unspecified atom stereocenters. The van der Waals surface area contributed by atoms with Crippen LogP contribution in [0.2, 0.25) is 0 Å². The van der Waals surface area contributed by atoms with Crippen LogP contribution in [0.3, 0.4) is 0 Å². The monoisotopic (exact) mass is 537 g/mol. The number of amides is 1. The number of aliphatic hydroxyl groups excluding tert-OH is 2. The van der Waals surface area contributed by atoms with Gasteiger partial charge in [0.05, 0.1) is 5.56 Å². The molecule has 10 heteroatoms. The largest absolute Gasteiger partial charge is 0.424 e. The number of H-pyrrole nitrogens is 1. The number of rotatable bonds is 8. The van der Waals surface area contributed by atoms with Crippen LogP contribution in [0, 0.1) is 12.8 Å². The van der Waals surface area contributed by atoms with Crippen molar-refractivity contribution in [3.8, 4) is 11.5 Å². The maximum Gasteiger partial charge on any atom is 0.343 e. The molecule has 0 saturated heterocycles. The SMILES string of the molecule is CCc1c2ccc(C(=O)Nc3ccc4[nH]c(C)c(CCN(C)CC(C)C)c4c3)c1OC(=O)C(O)C(O)C(=O)O2. The molecule has 0 fully saturated rings. The van der Waals surface area contributed by atoms with Crippen molar-refractivity contribution in [1.29, 1.82) is 0 Å². The molecule has 1 aliphatic rings. The van der Waals surface area contributed by atoms with Gasteiger partial charge in [0.25, 0.3) is 5.91 Å². The zero-order chi connectivity index (χ0) is 28.4. The molecule has 2 heterocycles. The maximum absolute atomic E-state index is 13.4. The van der Waals surface area contributed by atoms with Gasteiger partial charge in [-0.15, -0.1) is 0 Å². The number of hydrogen-bond donors (Lipinski definition) is 4. The summed E-state index contributed by atoms with van der Waals surface area (Å²) in [6.45, 7) is 10.1. The van der Waals surface area contributed by atoms with E-state index in [0.29, 0.717) is 11.6 Å². The number of nitrogens with zero attached hydrogens (tertiary/aromatic N) is 1. The number of anilines is 1. The molecule has 39 heavy (non-hydrogen) atoms. The molecule has 0 aliphatic carbocycles. The number of benzene rings is 2. The number of aromatic nitrogens is 1. The molecule has 3 aromatic rings. The number of nitrogens with one attached hydrogen (secondary N) is 2. The molecule has 4 N–H and O–H groups in total. The lowest BCUT2D eigenvalue weighted by molar-refractivity contribution is -0.161. The van der Waals surface area contributed by atoms with E-state index >= 15 is 0 Å². The molecule has 208 valence electrons. The number of carbonyl (C=O) groups is 3. The first-order valence-corrected chi connectivity index (χ1v) is 13.1. The normalized spacial score (nSPS) is 17.6. The Morgan fingerprint density at radius 3 is 2.44 bits per heavy atom. The summed E-state index contributed by atoms with van der Waals surface area (Å²) < 4.78 is 10.5. The van der Waals surface area contributed by atoms with Crippen LogP contribution in [-0.2, 0) is 22.4 Å². The first-order valence-electron chi connectivity index (χ1n) is 13.1. The Balaban J connectivity index is 1.63. The lowest BCUT2D eigenvalue weighted by atomic mass is 10.0. The molecule has 4 rings (SSSR count). The molecule has 0 spiro atoms. The van der Waals surface area contributed by atoms with E-state index in [0.717, 1.165) is 36.1 Å². The smallest absolute Gasteiger partial charge is 0.343 e. The third-order valence-corrected chi connectivity index (χ3v) is 6.81. The highest BCUT2D eigenvalue weighted by Crippen LogP contribution is 2.35. The van der Waals surface area contributed by atoms with Crippen molar-refractivity contribution in [2.75, 3.05) is 25.5 Å². The summed E-state index contributed by atoms with van der Waals surface area (Å²) in [4.78, 5) is 43.7. The zero-order valence-electron chi connectivity index (χ0n) is 22.8. The van der Waals surface area contributed by atoms with Gasteiger partial charge in [-0.05, 0) is 68.6 Å². The van der Waals surface area contributed by atoms with Crippen LogP contribution < -0.4 is 14.8 Å². The van der Waals surface area contributed by atoms with Crippen molar-refractivity contribution >= 4 is 34.4 Å². The van der Waals surface area contributed by atoms with Gasteiger partial charge in [0.15, 0.2) is 18.0 Å². The van der Waals surface area contributed by atoms with Crippen molar-refractivity contribution in [3.05, 3.63) is 52.7 Å². The number of aliphatic hydroxyl groups is 2. The average Bonchev–Trinajstić information content (AvgIpc) is 3.20. The van der Waals surface area contributed by atoms with Crippen LogP contribution in [0.1, 0.15) is 48.0 Å². The number of carbonyl (C=O) groups excluding carboxylic acids is 3. The molecular weight excluding hydrogens is 502 g/mol. The maximum atomic E-state index is 13.4. The molecular formula is C29H35N3O7. The predicted octanol–water partition coefficient (Wildman–Crippen LogP) is 2.97. The van der Waals surface area contributed by atoms with Crippen LogP contribution in [0.15, 0.2) is 30.3 Å². The Morgan fingerprint density at radius 1 is 1.08 bits per heavy atom. The Morgan fingerprint density at radius 2 is 1.77 bits per heavy atom. The second-order valence-electron chi connectivity index (χ2n) is 10.4. The van der Waals surface area contributed by atoms with Crippen LogP contribution >= 0.6 is 0 Å². The minimum absolute atomic E-state index is 0.0180. The third-order valence-electron chi connectivity index (χ3n) is 6.81. The van der Waals surface area contributed by atoms with E-state index in [1.54, 1.807) is 13.0 Å². The average molecular weight is 538 g/mol. The van der Waals surface area contributed by atoms with Gasteiger partial charge in [-0.3, -0.25) is 4.79 Å². The third kappa shape index (κ3) is 5.98. The summed E-state index contributed by atoms with van der Waals surface area (Å²) >= 11 is 0. The second-order valence-corrected chi connectivity index (χ2v) is 10.4. The number of aryl methyl sites for hydroxylation is 1. The summed E-state index contributed by atoms with van der Waals surface area (Å²) in [5.41, 5.74) is 4.07. The van der Waals surface area contributed by atoms with Crippen molar-refractivity contribution in [2.45, 2.75) is 52.7 Å². The van der Waals surface area contributed by atoms with Gasteiger partial charge in [-0.2, -0.15) is 0 Å². The quantitative estimate of drug-likeness (QED) is 0.254. The molecule has 2 aromatic carbocycles. The molecule has 1 amide bonds. The second kappa shape index (κ2) is 11.6. The van der Waals surface area contributed by atoms with Crippen LogP contribution in [-0.4, -0.2) is 70.3 Å². The van der Waals surface area contributed by atoms with E-state index in [2.05, 4.69) is 36.1 Å². The summed E-state index contributed by atoms with van der Waals surface area (Å²) in [6, 6.07) is 8.37. The summed E-state index contributed by atoms with van der Waals surface area (Å²) in [5.74, 6) is -2.54. The fraction of sp³-hybridized carbons (Fsp3) is 0.414. The van der Waals surface area contributed by atoms with Gasteiger partial charge in [0, 0.05) is 40.9 Å². The number of likely N-dealkylation sites (N-methyl/N-ethyl adjacent to an activating group) is 1. The molecule has 2 bridgehead atoms. The number of ether oxygens (including phenoxy) is 2. The highest BCUT2D eigenvalue weighted by molar-refractivity contribution is 6.08. The van der Waals surface area contributed by atoms with Gasteiger partial charge in [0.2, 0.25) is 0 Å². The van der Waals surface area contributed by atoms with Gasteiger partial charge in [0.1, 0.15) is 5.75 Å². The van der Waals surface area contributed by atoms with Gasteiger partial charge in [-0.1, -0.05) is 20.8 Å². The van der Waals surface area contributed by atoms with E-state index in [1.807, 2.05) is 19.1 Å². The Hall–Kier alpha value is -3.73. The highest BCUT2D eigenvalue weighted by atomic mass is 16.6. The van der Waals surface area contributed by atoms with E-state index in [9.17, 15) is 24.6 Å². The van der Waals surface area contributed by atoms with Crippen LogP contribution in [0.4, 0.5) is 5.69 Å². The first-order chi connectivity index (χ1) is 18.5. The fourth-order valence-electron chi connectivity index (χ4n) is 4.92. The standard InChI is InChI=1S/C29H35N3O7/c1-6-18-23-10-8-20(26(18)39-29(37)25(34)24(33)28(36)38-23)27(35)31-17-7-9-22-21(13-17)19(16(4)30-22)11-12-32(5)14-15(2)3/h7-10,13,15,24-25,30,33-34H,6,11-12,14H2,1-5H3,(H,31,35). The minimum Gasteiger partial charge on any atom is -0.424 e. The highest BCUT2D eigenvalue weighted by Gasteiger charge is 2.37. The summed E-state index contributed by atoms with van der Waals surface area (Å²) in [5, 5.41) is 23.9. The van der Waals surface area contributed by atoms with Gasteiger partial charge in [-0.25, -0.2) is 9.59 Å². The summed E-state index contributed by atoms with van der Waals surface area (Å²) in [6.07, 6.45) is -3.18. The number of hydrogen-bond acceptors (Lipinski definition) is 8. The van der Waals surface area contributed by atoms with Gasteiger partial charge >= 0.3 is 11.9 Å². The summed E-state index contributed by atoms with van der Waals surface area (Å²) in [7, 11) is 2.11. The van der Waals surface area contributed by atoms with Crippen molar-refractivity contribution in [2.24, 2.45) is 5.92 Å². The number of aromatic amines is 1. The van der Waals surface area contributed by atoms with E-state index in [1.165, 1.54) is 17.7 Å². The molecule has 1 aromatic heterocycles. The van der Waals surface area contributed by atoms with E-state index in [-0.39, 0.29) is 29.0 Å². The number of esters is 2. The minimum atomic E-state index is -2.16. The Bertz CT molecular complexity index is 1410. The molecule has 0 saturated carbocycles. The van der Waals surface area contributed by atoms with Crippen LogP contribution in [0.25, 0.3) is 10.9 Å². The lowest BCUT2D eigenvalue weighted by Gasteiger charge is -2.19. The molecule has 0 radical (unpaired) electrons. The van der Waals surface area contributed by atoms with E-state index in [4.69, 9.17) is 9.47 Å². The van der Waals surface area contributed by atoms with Crippen molar-refractivity contribution in [1.82, 2.24) is 9.88 Å².